The van der Waals surface area contributed by atoms with E-state index in [-0.39, 0.29) is 16.0 Å². The zero-order valence-electron chi connectivity index (χ0n) is 19.4. The largest absolute Gasteiger partial charge is 0.395 e. The molecule has 0 saturated carbocycles. The minimum Gasteiger partial charge on any atom is -0.395 e. The summed E-state index contributed by atoms with van der Waals surface area (Å²) < 4.78 is 35.3. The van der Waals surface area contributed by atoms with Gasteiger partial charge in [-0.1, -0.05) is 0 Å². The lowest BCUT2D eigenvalue weighted by Crippen LogP contribution is -2.46. The van der Waals surface area contributed by atoms with Gasteiger partial charge >= 0.3 is 7.60 Å². The molecule has 1 aliphatic rings. The summed E-state index contributed by atoms with van der Waals surface area (Å²) in [6.45, 7) is 2.73. The van der Waals surface area contributed by atoms with Gasteiger partial charge in [0.05, 0.1) is 33.9 Å². The molecule has 36 heavy (non-hydrogen) atoms. The molecular weight excluding hydrogens is 503 g/mol. The van der Waals surface area contributed by atoms with Crippen molar-refractivity contribution in [3.8, 4) is 0 Å². The number of nitrogens with zero attached hydrogens (tertiary/aromatic N) is 4. The van der Waals surface area contributed by atoms with Crippen molar-refractivity contribution in [2.24, 2.45) is 10.2 Å². The van der Waals surface area contributed by atoms with E-state index in [0.29, 0.717) is 11.4 Å². The number of aliphatic hydroxyl groups excluding tert-OH is 1. The Labute approximate surface area is 209 Å². The van der Waals surface area contributed by atoms with Crippen molar-refractivity contribution < 1.29 is 27.9 Å². The molecular formula is C24H27N4O6PS. The van der Waals surface area contributed by atoms with Crippen LogP contribution in [-0.2, 0) is 14.4 Å². The van der Waals surface area contributed by atoms with Crippen molar-refractivity contribution in [2.75, 3.05) is 48.3 Å². The normalized spacial score (nSPS) is 15.0. The van der Waals surface area contributed by atoms with E-state index in [1.54, 1.807) is 24.3 Å². The molecule has 4 rings (SSSR count). The summed E-state index contributed by atoms with van der Waals surface area (Å²) in [5, 5.41) is 17.3. The van der Waals surface area contributed by atoms with E-state index >= 15 is 0 Å². The number of piperazine rings is 1. The standard InChI is InChI=1S/C24H27N4O6PS/c29-17-18-36(33,34)24-11-3-20(4-12-24)26-25-19-1-5-21(6-2-19)27-13-15-28(16-14-27)22-7-9-23(10-8-22)35(30,31)32/h1-12,29H,13-18H2,(H2,30,31,32). The fraction of sp³-hybridized carbons (Fsp3) is 0.250. The first kappa shape index (κ1) is 26.0. The summed E-state index contributed by atoms with van der Waals surface area (Å²) in [5.74, 6) is -0.318. The molecule has 0 radical (unpaired) electrons. The number of anilines is 2. The third-order valence-electron chi connectivity index (χ3n) is 5.88. The Hall–Kier alpha value is -3.08. The van der Waals surface area contributed by atoms with Gasteiger partial charge in [-0.2, -0.15) is 10.2 Å². The van der Waals surface area contributed by atoms with Crippen molar-refractivity contribution in [3.63, 3.8) is 0 Å². The number of azo groups is 1. The maximum Gasteiger partial charge on any atom is 0.356 e. The summed E-state index contributed by atoms with van der Waals surface area (Å²) in [6, 6.07) is 20.2. The molecule has 1 heterocycles. The smallest absolute Gasteiger partial charge is 0.356 e. The Kier molecular flexibility index (Phi) is 7.87. The molecule has 0 atom stereocenters. The van der Waals surface area contributed by atoms with Crippen LogP contribution in [0.15, 0.2) is 87.9 Å². The van der Waals surface area contributed by atoms with Gasteiger partial charge in [0.2, 0.25) is 0 Å². The lowest BCUT2D eigenvalue weighted by Gasteiger charge is -2.37. The third-order valence-corrected chi connectivity index (χ3v) is 8.56. The number of sulfone groups is 1. The van der Waals surface area contributed by atoms with Gasteiger partial charge in [-0.3, -0.25) is 4.57 Å². The molecule has 0 unspecified atom stereocenters. The van der Waals surface area contributed by atoms with Crippen LogP contribution in [0.3, 0.4) is 0 Å². The molecule has 0 spiro atoms. The number of rotatable bonds is 8. The maximum absolute atomic E-state index is 12.0. The molecule has 0 amide bonds. The molecule has 10 nitrogen and oxygen atoms in total. The number of hydrogen-bond acceptors (Lipinski definition) is 8. The molecule has 3 aromatic carbocycles. The highest BCUT2D eigenvalue weighted by atomic mass is 32.2. The van der Waals surface area contributed by atoms with Crippen LogP contribution in [0.4, 0.5) is 22.7 Å². The van der Waals surface area contributed by atoms with E-state index < -0.39 is 24.0 Å². The second kappa shape index (κ2) is 10.9. The second-order valence-corrected chi connectivity index (χ2v) is 12.0. The highest BCUT2D eigenvalue weighted by molar-refractivity contribution is 7.91. The lowest BCUT2D eigenvalue weighted by molar-refractivity contribution is 0.319. The van der Waals surface area contributed by atoms with Crippen LogP contribution in [0.5, 0.6) is 0 Å². The maximum atomic E-state index is 12.0. The van der Waals surface area contributed by atoms with Gasteiger partial charge in [0, 0.05) is 37.6 Å². The van der Waals surface area contributed by atoms with Gasteiger partial charge in [-0.25, -0.2) is 8.42 Å². The first-order valence-corrected chi connectivity index (χ1v) is 14.5. The van der Waals surface area contributed by atoms with Crippen molar-refractivity contribution in [1.29, 1.82) is 0 Å². The minimum atomic E-state index is -4.24. The molecule has 1 saturated heterocycles. The summed E-state index contributed by atoms with van der Waals surface area (Å²) in [6.07, 6.45) is 0. The Morgan fingerprint density at radius 3 is 1.56 bits per heavy atom. The van der Waals surface area contributed by atoms with E-state index in [1.165, 1.54) is 24.3 Å². The highest BCUT2D eigenvalue weighted by Crippen LogP contribution is 2.33. The molecule has 1 aliphatic heterocycles. The van der Waals surface area contributed by atoms with Crippen LogP contribution >= 0.6 is 7.60 Å². The van der Waals surface area contributed by atoms with E-state index in [0.717, 1.165) is 37.6 Å². The number of aliphatic hydroxyl groups is 1. The van der Waals surface area contributed by atoms with Gasteiger partial charge in [0.25, 0.3) is 0 Å². The van der Waals surface area contributed by atoms with Gasteiger partial charge in [-0.05, 0) is 72.8 Å². The van der Waals surface area contributed by atoms with E-state index in [4.69, 9.17) is 5.11 Å². The second-order valence-electron chi connectivity index (χ2n) is 8.29. The Morgan fingerprint density at radius 1 is 0.722 bits per heavy atom. The van der Waals surface area contributed by atoms with Crippen molar-refractivity contribution >= 4 is 45.5 Å². The summed E-state index contributed by atoms with van der Waals surface area (Å²) in [5.41, 5.74) is 3.18. The monoisotopic (exact) mass is 530 g/mol. The van der Waals surface area contributed by atoms with Crippen LogP contribution in [-0.4, -0.2) is 61.8 Å². The first-order valence-electron chi connectivity index (χ1n) is 11.3. The highest BCUT2D eigenvalue weighted by Gasteiger charge is 2.20. The van der Waals surface area contributed by atoms with Crippen LogP contribution in [0.2, 0.25) is 0 Å². The van der Waals surface area contributed by atoms with Crippen molar-refractivity contribution in [3.05, 3.63) is 72.8 Å². The Balaban J connectivity index is 1.33. The molecule has 12 heteroatoms. The number of hydrogen-bond donors (Lipinski definition) is 3. The quantitative estimate of drug-likeness (QED) is 0.298. The third kappa shape index (κ3) is 6.37. The SMILES string of the molecule is O=P(O)(O)c1ccc(N2CCN(c3ccc(N=Nc4ccc(S(=O)(=O)CCO)cc4)cc3)CC2)cc1. The molecule has 3 aromatic rings. The zero-order chi connectivity index (χ0) is 25.8. The molecule has 0 aromatic heterocycles. The predicted octanol–water partition coefficient (Wildman–Crippen LogP) is 3.00. The van der Waals surface area contributed by atoms with Crippen LogP contribution < -0.4 is 15.1 Å². The van der Waals surface area contributed by atoms with Crippen LogP contribution in [0, 0.1) is 0 Å². The fourth-order valence-electron chi connectivity index (χ4n) is 3.88. The Morgan fingerprint density at radius 2 is 1.14 bits per heavy atom. The van der Waals surface area contributed by atoms with E-state index in [1.807, 2.05) is 24.3 Å². The van der Waals surface area contributed by atoms with Gasteiger partial charge in [0.1, 0.15) is 0 Å². The fourth-order valence-corrected chi connectivity index (χ4v) is 5.45. The summed E-state index contributed by atoms with van der Waals surface area (Å²) in [4.78, 5) is 23.1. The van der Waals surface area contributed by atoms with Crippen molar-refractivity contribution in [2.45, 2.75) is 4.90 Å². The minimum absolute atomic E-state index is 0.0186. The molecule has 0 aliphatic carbocycles. The zero-order valence-corrected chi connectivity index (χ0v) is 21.1. The summed E-state index contributed by atoms with van der Waals surface area (Å²) in [7, 11) is -7.73. The van der Waals surface area contributed by atoms with Gasteiger partial charge < -0.3 is 24.7 Å². The molecule has 0 bridgehead atoms. The predicted molar refractivity (Wildman–Crippen MR) is 139 cm³/mol. The van der Waals surface area contributed by atoms with Crippen LogP contribution in [0.25, 0.3) is 0 Å². The summed E-state index contributed by atoms with van der Waals surface area (Å²) >= 11 is 0. The molecule has 3 N–H and O–H groups in total. The average Bonchev–Trinajstić information content (AvgIpc) is 2.88. The van der Waals surface area contributed by atoms with E-state index in [9.17, 15) is 22.8 Å². The van der Waals surface area contributed by atoms with E-state index in [2.05, 4.69) is 20.0 Å². The van der Waals surface area contributed by atoms with Crippen molar-refractivity contribution in [1.82, 2.24) is 0 Å². The lowest BCUT2D eigenvalue weighted by atomic mass is 10.2. The van der Waals surface area contributed by atoms with Gasteiger partial charge in [0.15, 0.2) is 9.84 Å². The molecule has 190 valence electrons. The Bertz CT molecular complexity index is 1350. The average molecular weight is 531 g/mol. The number of benzene rings is 3. The topological polar surface area (TPSA) is 143 Å². The van der Waals surface area contributed by atoms with Crippen LogP contribution in [0.1, 0.15) is 0 Å². The van der Waals surface area contributed by atoms with Gasteiger partial charge in [-0.15, -0.1) is 0 Å². The molecule has 1 fully saturated rings. The first-order chi connectivity index (χ1) is 17.2.